The molecular weight excluding hydrogens is 366 g/mol. The predicted molar refractivity (Wildman–Crippen MR) is 103 cm³/mol. The van der Waals surface area contributed by atoms with Gasteiger partial charge in [0.25, 0.3) is 0 Å². The van der Waals surface area contributed by atoms with Crippen molar-refractivity contribution in [1.82, 2.24) is 9.80 Å². The molecule has 0 aliphatic carbocycles. The zero-order valence-corrected chi connectivity index (χ0v) is 16.9. The SMILES string of the molecule is CC(=O)N(CCC(=O)N1CCC(C)CC1)CCc1ccc(S(N)(=O)=O)cc1. The number of piperidine rings is 1. The van der Waals surface area contributed by atoms with Gasteiger partial charge in [0, 0.05) is 39.5 Å². The second kappa shape index (κ2) is 9.32. The summed E-state index contributed by atoms with van der Waals surface area (Å²) in [6.07, 6.45) is 2.99. The quantitative estimate of drug-likeness (QED) is 0.753. The van der Waals surface area contributed by atoms with Gasteiger partial charge in [-0.3, -0.25) is 9.59 Å². The minimum absolute atomic E-state index is 0.0659. The first kappa shape index (κ1) is 21.4. The highest BCUT2D eigenvalue weighted by Gasteiger charge is 2.21. The number of nitrogens with two attached hydrogens (primary N) is 1. The van der Waals surface area contributed by atoms with E-state index >= 15 is 0 Å². The van der Waals surface area contributed by atoms with Crippen LogP contribution in [0.5, 0.6) is 0 Å². The summed E-state index contributed by atoms with van der Waals surface area (Å²) in [6, 6.07) is 6.31. The Labute approximate surface area is 161 Å². The Kier molecular flexibility index (Phi) is 7.38. The molecule has 0 bridgehead atoms. The smallest absolute Gasteiger partial charge is 0.238 e. The molecule has 2 N–H and O–H groups in total. The van der Waals surface area contributed by atoms with Gasteiger partial charge in [-0.25, -0.2) is 13.6 Å². The van der Waals surface area contributed by atoms with Gasteiger partial charge in [0.15, 0.2) is 0 Å². The van der Waals surface area contributed by atoms with Crippen molar-refractivity contribution in [3.05, 3.63) is 29.8 Å². The Morgan fingerprint density at radius 1 is 1.15 bits per heavy atom. The van der Waals surface area contributed by atoms with Crippen LogP contribution in [0.1, 0.15) is 38.7 Å². The van der Waals surface area contributed by atoms with Crippen molar-refractivity contribution in [3.8, 4) is 0 Å². The van der Waals surface area contributed by atoms with Crippen molar-refractivity contribution in [2.45, 2.75) is 44.4 Å². The van der Waals surface area contributed by atoms with E-state index in [0.29, 0.717) is 31.8 Å². The first-order chi connectivity index (χ1) is 12.7. The molecule has 2 amide bonds. The van der Waals surface area contributed by atoms with Crippen LogP contribution >= 0.6 is 0 Å². The summed E-state index contributed by atoms with van der Waals surface area (Å²) < 4.78 is 22.6. The van der Waals surface area contributed by atoms with Crippen LogP contribution in [-0.2, 0) is 26.0 Å². The number of likely N-dealkylation sites (tertiary alicyclic amines) is 1. The predicted octanol–water partition coefficient (Wildman–Crippen LogP) is 1.37. The van der Waals surface area contributed by atoms with Gasteiger partial charge < -0.3 is 9.80 Å². The number of primary sulfonamides is 1. The number of hydrogen-bond donors (Lipinski definition) is 1. The third-order valence-electron chi connectivity index (χ3n) is 5.10. The molecular formula is C19H29N3O4S. The van der Waals surface area contributed by atoms with Crippen molar-refractivity contribution < 1.29 is 18.0 Å². The average molecular weight is 396 g/mol. The number of carbonyl (C=O) groups is 2. The number of amides is 2. The Morgan fingerprint density at radius 2 is 1.74 bits per heavy atom. The van der Waals surface area contributed by atoms with Crippen molar-refractivity contribution >= 4 is 21.8 Å². The lowest BCUT2D eigenvalue weighted by Crippen LogP contribution is -2.40. The molecule has 0 unspecified atom stereocenters. The van der Waals surface area contributed by atoms with Gasteiger partial charge in [-0.05, 0) is 42.9 Å². The van der Waals surface area contributed by atoms with Crippen LogP contribution in [0.3, 0.4) is 0 Å². The van der Waals surface area contributed by atoms with Crippen molar-refractivity contribution in [2.24, 2.45) is 11.1 Å². The van der Waals surface area contributed by atoms with Crippen LogP contribution in [0, 0.1) is 5.92 Å². The van der Waals surface area contributed by atoms with E-state index in [1.807, 2.05) is 4.90 Å². The van der Waals surface area contributed by atoms with Gasteiger partial charge >= 0.3 is 0 Å². The number of benzene rings is 1. The van der Waals surface area contributed by atoms with Crippen molar-refractivity contribution in [3.63, 3.8) is 0 Å². The van der Waals surface area contributed by atoms with E-state index in [9.17, 15) is 18.0 Å². The van der Waals surface area contributed by atoms with Gasteiger partial charge in [0.1, 0.15) is 0 Å². The Hall–Kier alpha value is -1.93. The number of rotatable bonds is 7. The molecule has 1 heterocycles. The lowest BCUT2D eigenvalue weighted by Gasteiger charge is -2.31. The first-order valence-electron chi connectivity index (χ1n) is 9.32. The number of nitrogens with zero attached hydrogens (tertiary/aromatic N) is 2. The highest BCUT2D eigenvalue weighted by Crippen LogP contribution is 2.17. The molecule has 8 heteroatoms. The van der Waals surface area contributed by atoms with Gasteiger partial charge in [-0.2, -0.15) is 0 Å². The molecule has 0 spiro atoms. The van der Waals surface area contributed by atoms with Crippen LogP contribution in [0.4, 0.5) is 0 Å². The standard InChI is InChI=1S/C19H29N3O4S/c1-15-7-11-22(12-8-15)19(24)10-14-21(16(2)23)13-9-17-3-5-18(6-4-17)27(20,25)26/h3-6,15H,7-14H2,1-2H3,(H2,20,25,26). The fourth-order valence-electron chi connectivity index (χ4n) is 3.18. The molecule has 1 aromatic carbocycles. The minimum Gasteiger partial charge on any atom is -0.343 e. The Balaban J connectivity index is 1.84. The van der Waals surface area contributed by atoms with Gasteiger partial charge in [0.05, 0.1) is 4.90 Å². The first-order valence-corrected chi connectivity index (χ1v) is 10.9. The van der Waals surface area contributed by atoms with Gasteiger partial charge in [-0.1, -0.05) is 19.1 Å². The van der Waals surface area contributed by atoms with Crippen LogP contribution < -0.4 is 5.14 Å². The van der Waals surface area contributed by atoms with Crippen molar-refractivity contribution in [2.75, 3.05) is 26.2 Å². The molecule has 0 atom stereocenters. The summed E-state index contributed by atoms with van der Waals surface area (Å²) in [7, 11) is -3.70. The Morgan fingerprint density at radius 3 is 2.26 bits per heavy atom. The highest BCUT2D eigenvalue weighted by molar-refractivity contribution is 7.89. The summed E-state index contributed by atoms with van der Waals surface area (Å²) in [6.45, 7) is 6.18. The van der Waals surface area contributed by atoms with E-state index in [1.54, 1.807) is 17.0 Å². The maximum Gasteiger partial charge on any atom is 0.238 e. The molecule has 1 fully saturated rings. The van der Waals surface area contributed by atoms with Gasteiger partial charge in [-0.15, -0.1) is 0 Å². The van der Waals surface area contributed by atoms with E-state index in [2.05, 4.69) is 6.92 Å². The molecule has 27 heavy (non-hydrogen) atoms. The van der Waals surface area contributed by atoms with Crippen LogP contribution in [0.15, 0.2) is 29.2 Å². The number of hydrogen-bond acceptors (Lipinski definition) is 4. The molecule has 7 nitrogen and oxygen atoms in total. The summed E-state index contributed by atoms with van der Waals surface area (Å²) in [5, 5.41) is 5.09. The van der Waals surface area contributed by atoms with Gasteiger partial charge in [0.2, 0.25) is 21.8 Å². The summed E-state index contributed by atoms with van der Waals surface area (Å²) in [4.78, 5) is 27.9. The second-order valence-electron chi connectivity index (χ2n) is 7.26. The molecule has 0 radical (unpaired) electrons. The zero-order chi connectivity index (χ0) is 20.0. The minimum atomic E-state index is -3.70. The monoisotopic (exact) mass is 395 g/mol. The maximum atomic E-state index is 12.4. The molecule has 1 saturated heterocycles. The van der Waals surface area contributed by atoms with E-state index in [1.165, 1.54) is 19.1 Å². The largest absolute Gasteiger partial charge is 0.343 e. The zero-order valence-electron chi connectivity index (χ0n) is 16.1. The molecule has 0 aromatic heterocycles. The summed E-state index contributed by atoms with van der Waals surface area (Å²) in [5.41, 5.74) is 0.907. The number of sulfonamides is 1. The molecule has 1 aliphatic rings. The maximum absolute atomic E-state index is 12.4. The summed E-state index contributed by atoms with van der Waals surface area (Å²) in [5.74, 6) is 0.699. The van der Waals surface area contributed by atoms with E-state index in [0.717, 1.165) is 31.5 Å². The van der Waals surface area contributed by atoms with Crippen molar-refractivity contribution in [1.29, 1.82) is 0 Å². The van der Waals surface area contributed by atoms with E-state index in [4.69, 9.17) is 5.14 Å². The fourth-order valence-corrected chi connectivity index (χ4v) is 3.70. The third kappa shape index (κ3) is 6.62. The number of carbonyl (C=O) groups excluding carboxylic acids is 2. The molecule has 1 aromatic rings. The molecule has 2 rings (SSSR count). The molecule has 1 aliphatic heterocycles. The van der Waals surface area contributed by atoms with E-state index < -0.39 is 10.0 Å². The molecule has 0 saturated carbocycles. The van der Waals surface area contributed by atoms with Crippen LogP contribution in [0.2, 0.25) is 0 Å². The fraction of sp³-hybridized carbons (Fsp3) is 0.579. The highest BCUT2D eigenvalue weighted by atomic mass is 32.2. The topological polar surface area (TPSA) is 101 Å². The normalized spacial score (nSPS) is 15.6. The Bertz CT molecular complexity index is 754. The molecule has 150 valence electrons. The van der Waals surface area contributed by atoms with Crippen LogP contribution in [0.25, 0.3) is 0 Å². The summed E-state index contributed by atoms with van der Waals surface area (Å²) >= 11 is 0. The van der Waals surface area contributed by atoms with Crippen LogP contribution in [-0.4, -0.2) is 56.2 Å². The van der Waals surface area contributed by atoms with E-state index in [-0.39, 0.29) is 16.7 Å². The lowest BCUT2D eigenvalue weighted by atomic mass is 9.99. The average Bonchev–Trinajstić information content (AvgIpc) is 2.61. The second-order valence-corrected chi connectivity index (χ2v) is 8.82. The lowest BCUT2D eigenvalue weighted by molar-refractivity contribution is -0.134. The third-order valence-corrected chi connectivity index (χ3v) is 6.03.